The van der Waals surface area contributed by atoms with E-state index in [2.05, 4.69) is 31.5 Å². The third-order valence-electron chi connectivity index (χ3n) is 4.67. The maximum absolute atomic E-state index is 5.64. The number of hydrogen-bond donors (Lipinski definition) is 1. The van der Waals surface area contributed by atoms with Crippen LogP contribution in [0.1, 0.15) is 52.4 Å². The van der Waals surface area contributed by atoms with Gasteiger partial charge in [0, 0.05) is 6.92 Å². The summed E-state index contributed by atoms with van der Waals surface area (Å²) in [6.07, 6.45) is 13.6. The quantitative estimate of drug-likeness (QED) is 0.782. The Morgan fingerprint density at radius 3 is 2.81 bits per heavy atom. The summed E-state index contributed by atoms with van der Waals surface area (Å²) < 4.78 is 6.20. The highest BCUT2D eigenvalue weighted by Crippen LogP contribution is 2.39. The summed E-state index contributed by atoms with van der Waals surface area (Å²) in [5.74, 6) is 2.03. The number of amidine groups is 1. The number of hydrogen-bond acceptors (Lipinski definition) is 3. The molecule has 114 valence electrons. The molecule has 4 heteroatoms. The van der Waals surface area contributed by atoms with Crippen molar-refractivity contribution in [3.63, 3.8) is 0 Å². The Kier molecular flexibility index (Phi) is 4.00. The monoisotopic (exact) mass is 288 g/mol. The molecule has 2 heterocycles. The van der Waals surface area contributed by atoms with Crippen LogP contribution in [0.3, 0.4) is 0 Å². The van der Waals surface area contributed by atoms with E-state index in [-0.39, 0.29) is 0 Å². The minimum absolute atomic E-state index is 0.555. The van der Waals surface area contributed by atoms with Crippen molar-refractivity contribution in [2.24, 2.45) is 4.99 Å². The molecule has 0 spiro atoms. The number of ether oxygens (including phenoxy) is 1. The van der Waals surface area contributed by atoms with Gasteiger partial charge in [-0.25, -0.2) is 0 Å². The third-order valence-corrected chi connectivity index (χ3v) is 4.67. The number of allylic oxidation sites excluding steroid dienone is 3. The van der Waals surface area contributed by atoms with Crippen LogP contribution >= 0.6 is 0 Å². The van der Waals surface area contributed by atoms with Crippen molar-refractivity contribution in [1.29, 1.82) is 0 Å². The molecular weight excluding hydrogens is 262 g/mol. The minimum Gasteiger partial charge on any atom is -0.491 e. The van der Waals surface area contributed by atoms with E-state index in [9.17, 15) is 0 Å². The molecule has 0 aromatic carbocycles. The van der Waals surface area contributed by atoms with Crippen LogP contribution in [-0.2, 0) is 4.74 Å². The molecule has 4 nitrogen and oxygen atoms in total. The van der Waals surface area contributed by atoms with Crippen LogP contribution < -0.4 is 5.43 Å². The second-order valence-electron chi connectivity index (χ2n) is 6.11. The fourth-order valence-corrected chi connectivity index (χ4v) is 3.65. The molecule has 0 saturated heterocycles. The average Bonchev–Trinajstić information content (AvgIpc) is 3.07. The first-order chi connectivity index (χ1) is 10.2. The molecular formula is C17H26N3O+. The van der Waals surface area contributed by atoms with Gasteiger partial charge in [0.15, 0.2) is 5.76 Å². The molecule has 0 aromatic rings. The van der Waals surface area contributed by atoms with Gasteiger partial charge in [-0.1, -0.05) is 26.2 Å². The van der Waals surface area contributed by atoms with Gasteiger partial charge in [0.1, 0.15) is 11.9 Å². The second kappa shape index (κ2) is 5.78. The number of aliphatic imine (C=N–C) groups is 1. The van der Waals surface area contributed by atoms with Crippen LogP contribution in [0.5, 0.6) is 0 Å². The Morgan fingerprint density at radius 1 is 1.38 bits per heavy atom. The molecule has 0 bridgehead atoms. The summed E-state index contributed by atoms with van der Waals surface area (Å²) in [6, 6.07) is 0.562. The molecule has 0 amide bonds. The standard InChI is InChI=1S/C17H26N3O/c1-4-8-15-17-16(21-3)11-7-12-20(17,13(2)18-15)19-14-9-5-6-10-14/h7,11-12,14,19H,4-6,8-10H2,1-3H3/q+1. The largest absolute Gasteiger partial charge is 0.491 e. The lowest BCUT2D eigenvalue weighted by atomic mass is 10.1. The van der Waals surface area contributed by atoms with E-state index in [1.165, 1.54) is 31.4 Å². The Balaban J connectivity index is 2.00. The van der Waals surface area contributed by atoms with Crippen LogP contribution in [0.15, 0.2) is 40.5 Å². The third kappa shape index (κ3) is 2.36. The van der Waals surface area contributed by atoms with Gasteiger partial charge in [-0.2, -0.15) is 4.99 Å². The molecule has 21 heavy (non-hydrogen) atoms. The lowest BCUT2D eigenvalue weighted by Crippen LogP contribution is -2.58. The maximum Gasteiger partial charge on any atom is 0.229 e. The topological polar surface area (TPSA) is 33.6 Å². The number of fused-ring (bicyclic) bond motifs is 1. The first-order valence-electron chi connectivity index (χ1n) is 8.11. The van der Waals surface area contributed by atoms with E-state index in [1.807, 2.05) is 6.08 Å². The Hall–Kier alpha value is -1.39. The Bertz CT molecular complexity index is 538. The van der Waals surface area contributed by atoms with Crippen LogP contribution in [0, 0.1) is 0 Å². The fraction of sp³-hybridized carbons (Fsp3) is 0.588. The molecule has 1 aliphatic carbocycles. The number of quaternary nitrogens is 1. The van der Waals surface area contributed by atoms with Crippen molar-refractivity contribution in [3.8, 4) is 0 Å². The maximum atomic E-state index is 5.64. The van der Waals surface area contributed by atoms with E-state index in [1.54, 1.807) is 7.11 Å². The molecule has 3 aliphatic rings. The van der Waals surface area contributed by atoms with Crippen LogP contribution in [-0.4, -0.2) is 23.6 Å². The summed E-state index contributed by atoms with van der Waals surface area (Å²) >= 11 is 0. The van der Waals surface area contributed by atoms with Gasteiger partial charge in [0.05, 0.1) is 13.2 Å². The molecule has 1 saturated carbocycles. The Labute approximate surface area is 127 Å². The lowest BCUT2D eigenvalue weighted by Gasteiger charge is -2.35. The zero-order chi connectivity index (χ0) is 14.9. The zero-order valence-corrected chi connectivity index (χ0v) is 13.4. The number of nitrogens with zero attached hydrogens (tertiary/aromatic N) is 2. The van der Waals surface area contributed by atoms with E-state index in [0.29, 0.717) is 10.6 Å². The summed E-state index contributed by atoms with van der Waals surface area (Å²) in [7, 11) is 1.75. The Morgan fingerprint density at radius 2 is 2.14 bits per heavy atom. The first-order valence-corrected chi connectivity index (χ1v) is 8.11. The molecule has 3 rings (SSSR count). The van der Waals surface area contributed by atoms with Gasteiger partial charge < -0.3 is 4.74 Å². The molecule has 1 N–H and O–H groups in total. The van der Waals surface area contributed by atoms with Crippen molar-refractivity contribution < 1.29 is 9.33 Å². The molecule has 1 fully saturated rings. The number of methoxy groups -OCH3 is 1. The van der Waals surface area contributed by atoms with Gasteiger partial charge >= 0.3 is 0 Å². The average molecular weight is 288 g/mol. The first kappa shape index (κ1) is 14.5. The van der Waals surface area contributed by atoms with Gasteiger partial charge in [0.2, 0.25) is 11.5 Å². The zero-order valence-electron chi connectivity index (χ0n) is 13.4. The lowest BCUT2D eigenvalue weighted by molar-refractivity contribution is -0.799. The number of rotatable bonds is 5. The summed E-state index contributed by atoms with van der Waals surface area (Å²) in [5, 5.41) is 0. The van der Waals surface area contributed by atoms with Gasteiger partial charge in [-0.15, -0.1) is 10.0 Å². The molecule has 1 atom stereocenters. The predicted molar refractivity (Wildman–Crippen MR) is 84.9 cm³/mol. The van der Waals surface area contributed by atoms with Crippen molar-refractivity contribution >= 4 is 5.84 Å². The van der Waals surface area contributed by atoms with Crippen molar-refractivity contribution in [1.82, 2.24) is 5.43 Å². The predicted octanol–water partition coefficient (Wildman–Crippen LogP) is 3.75. The van der Waals surface area contributed by atoms with Gasteiger partial charge in [-0.3, -0.25) is 0 Å². The van der Waals surface area contributed by atoms with Gasteiger partial charge in [0.25, 0.3) is 0 Å². The van der Waals surface area contributed by atoms with Crippen molar-refractivity contribution in [3.05, 3.63) is 35.5 Å². The van der Waals surface area contributed by atoms with Crippen LogP contribution in [0.2, 0.25) is 0 Å². The van der Waals surface area contributed by atoms with Crippen molar-refractivity contribution in [2.45, 2.75) is 58.4 Å². The van der Waals surface area contributed by atoms with Crippen LogP contribution in [0.4, 0.5) is 0 Å². The fourth-order valence-electron chi connectivity index (χ4n) is 3.65. The van der Waals surface area contributed by atoms with Crippen LogP contribution in [0.25, 0.3) is 0 Å². The van der Waals surface area contributed by atoms with E-state index in [4.69, 9.17) is 9.73 Å². The summed E-state index contributed by atoms with van der Waals surface area (Å²) in [4.78, 5) is 4.87. The molecule has 0 radical (unpaired) electrons. The number of nitrogens with one attached hydrogen (secondary N) is 1. The SMILES string of the molecule is CCCC1=C2C(OC)=CC=C[N+]2(NC2CCCC2)C(C)=N1. The van der Waals surface area contributed by atoms with E-state index >= 15 is 0 Å². The second-order valence-corrected chi connectivity index (χ2v) is 6.11. The normalized spacial score (nSPS) is 28.7. The van der Waals surface area contributed by atoms with E-state index in [0.717, 1.165) is 30.1 Å². The smallest absolute Gasteiger partial charge is 0.229 e. The van der Waals surface area contributed by atoms with E-state index < -0.39 is 0 Å². The highest BCUT2D eigenvalue weighted by Gasteiger charge is 2.48. The minimum atomic E-state index is 0.555. The molecule has 1 unspecified atom stereocenters. The highest BCUT2D eigenvalue weighted by molar-refractivity contribution is 5.79. The van der Waals surface area contributed by atoms with Gasteiger partial charge in [-0.05, 0) is 31.4 Å². The highest BCUT2D eigenvalue weighted by atomic mass is 16.5. The summed E-state index contributed by atoms with van der Waals surface area (Å²) in [6.45, 7) is 4.32. The molecule has 2 aliphatic heterocycles. The molecule has 0 aromatic heterocycles. The van der Waals surface area contributed by atoms with Crippen molar-refractivity contribution in [2.75, 3.05) is 7.11 Å². The summed E-state index contributed by atoms with van der Waals surface area (Å²) in [5.41, 5.74) is 6.19.